The molecule has 0 N–H and O–H groups in total. The van der Waals surface area contributed by atoms with Gasteiger partial charge < -0.3 is 0 Å². The molecule has 15 heavy (non-hydrogen) atoms. The van der Waals surface area contributed by atoms with Gasteiger partial charge in [-0.2, -0.15) is 0 Å². The smallest absolute Gasteiger partial charge is 0.190 e. The minimum Gasteiger partial charge on any atom is -0.289 e. The third-order valence-corrected chi connectivity index (χ3v) is 2.55. The Morgan fingerprint density at radius 2 is 2.20 bits per heavy atom. The van der Waals surface area contributed by atoms with Crippen LogP contribution < -0.4 is 0 Å². The van der Waals surface area contributed by atoms with Crippen LogP contribution in [-0.4, -0.2) is 10.8 Å². The van der Waals surface area contributed by atoms with Crippen LogP contribution in [0.4, 0.5) is 4.39 Å². The van der Waals surface area contributed by atoms with Crippen LogP contribution in [0.3, 0.4) is 0 Å². The van der Waals surface area contributed by atoms with E-state index in [1.165, 1.54) is 12.3 Å². The van der Waals surface area contributed by atoms with E-state index in [2.05, 4.69) is 4.98 Å². The lowest BCUT2D eigenvalue weighted by Gasteiger charge is -2.11. The van der Waals surface area contributed by atoms with E-state index in [1.54, 1.807) is 0 Å². The Morgan fingerprint density at radius 1 is 1.33 bits per heavy atom. The molecule has 0 atom stereocenters. The number of rotatable bonds is 2. The summed E-state index contributed by atoms with van der Waals surface area (Å²) in [5, 5.41) is 0. The monoisotopic (exact) mass is 205 g/mol. The molecule has 3 heteroatoms. The fourth-order valence-electron chi connectivity index (χ4n) is 1.77. The van der Waals surface area contributed by atoms with Gasteiger partial charge in [-0.15, -0.1) is 0 Å². The van der Waals surface area contributed by atoms with Gasteiger partial charge in [0.25, 0.3) is 0 Å². The lowest BCUT2D eigenvalue weighted by atomic mass is 9.94. The Labute approximate surface area is 87.8 Å². The molecule has 0 saturated heterocycles. The van der Waals surface area contributed by atoms with Crippen LogP contribution in [0.5, 0.6) is 0 Å². The number of Topliss-reactive ketones (excluding diaryl/α,β-unsaturated/α-hetero) is 1. The fourth-order valence-corrected chi connectivity index (χ4v) is 1.77. The maximum atomic E-state index is 12.9. The third-order valence-electron chi connectivity index (χ3n) is 2.55. The molecular weight excluding hydrogens is 193 g/mol. The molecule has 0 radical (unpaired) electrons. The summed E-state index contributed by atoms with van der Waals surface area (Å²) in [5.74, 6) is -0.543. The van der Waals surface area contributed by atoms with Crippen molar-refractivity contribution < 1.29 is 9.18 Å². The molecule has 1 aromatic heterocycles. The van der Waals surface area contributed by atoms with E-state index in [9.17, 15) is 9.18 Å². The molecule has 1 aliphatic rings. The highest BCUT2D eigenvalue weighted by atomic mass is 19.1. The number of ketones is 1. The molecule has 0 aromatic carbocycles. The second-order valence-corrected chi connectivity index (χ2v) is 3.70. The quantitative estimate of drug-likeness (QED) is 0.695. The first-order chi connectivity index (χ1) is 7.27. The summed E-state index contributed by atoms with van der Waals surface area (Å²) >= 11 is 0. The lowest BCUT2D eigenvalue weighted by Crippen LogP contribution is -2.07. The fraction of sp³-hybridized carbons (Fsp3) is 0.333. The van der Waals surface area contributed by atoms with E-state index >= 15 is 0 Å². The van der Waals surface area contributed by atoms with Gasteiger partial charge in [0.15, 0.2) is 5.78 Å². The Bertz CT molecular complexity index is 412. The van der Waals surface area contributed by atoms with Crippen molar-refractivity contribution in [3.63, 3.8) is 0 Å². The summed E-state index contributed by atoms with van der Waals surface area (Å²) in [5.41, 5.74) is 1.15. The third kappa shape index (κ3) is 2.29. The van der Waals surface area contributed by atoms with Crippen molar-refractivity contribution >= 4 is 5.78 Å². The number of hydrogen-bond donors (Lipinski definition) is 0. The average molecular weight is 205 g/mol. The number of carbonyl (C=O) groups is 1. The van der Waals surface area contributed by atoms with Crippen molar-refractivity contribution in [3.05, 3.63) is 41.5 Å². The van der Waals surface area contributed by atoms with E-state index in [-0.39, 0.29) is 5.78 Å². The second kappa shape index (κ2) is 4.34. The highest BCUT2D eigenvalue weighted by Gasteiger charge is 2.14. The van der Waals surface area contributed by atoms with E-state index in [0.717, 1.165) is 37.5 Å². The van der Waals surface area contributed by atoms with Crippen molar-refractivity contribution in [1.29, 1.82) is 0 Å². The molecule has 0 saturated carbocycles. The Kier molecular flexibility index (Phi) is 2.90. The molecule has 2 rings (SSSR count). The predicted molar refractivity (Wildman–Crippen MR) is 55.1 cm³/mol. The van der Waals surface area contributed by atoms with Crippen molar-refractivity contribution in [3.8, 4) is 0 Å². The van der Waals surface area contributed by atoms with E-state index in [1.807, 2.05) is 6.08 Å². The normalized spacial score (nSPS) is 15.9. The van der Waals surface area contributed by atoms with Crippen LogP contribution in [0.2, 0.25) is 0 Å². The van der Waals surface area contributed by atoms with Gasteiger partial charge in [-0.3, -0.25) is 9.78 Å². The van der Waals surface area contributed by atoms with Crippen molar-refractivity contribution in [2.24, 2.45) is 0 Å². The number of hydrogen-bond acceptors (Lipinski definition) is 2. The zero-order valence-corrected chi connectivity index (χ0v) is 8.37. The van der Waals surface area contributed by atoms with Gasteiger partial charge in [0.2, 0.25) is 0 Å². The zero-order chi connectivity index (χ0) is 10.7. The summed E-state index contributed by atoms with van der Waals surface area (Å²) in [6.45, 7) is 0. The standard InChI is InChI=1S/C12H12FNO/c13-11-6-10(7-14-8-11)12(15)9-4-2-1-3-5-9/h4,6-8H,1-3,5H2. The maximum Gasteiger partial charge on any atom is 0.190 e. The first kappa shape index (κ1) is 10.0. The van der Waals surface area contributed by atoms with Gasteiger partial charge in [0.1, 0.15) is 5.82 Å². The SMILES string of the molecule is O=C(C1=CCCCC1)c1cncc(F)c1. The highest BCUT2D eigenvalue weighted by Crippen LogP contribution is 2.21. The Morgan fingerprint density at radius 3 is 2.87 bits per heavy atom. The maximum absolute atomic E-state index is 12.9. The van der Waals surface area contributed by atoms with Gasteiger partial charge in [0, 0.05) is 11.8 Å². The summed E-state index contributed by atoms with van der Waals surface area (Å²) < 4.78 is 12.9. The number of halogens is 1. The first-order valence-electron chi connectivity index (χ1n) is 5.11. The number of pyridine rings is 1. The van der Waals surface area contributed by atoms with Crippen LogP contribution in [0.25, 0.3) is 0 Å². The Hall–Kier alpha value is -1.51. The summed E-state index contributed by atoms with van der Waals surface area (Å²) in [6, 6.07) is 1.24. The molecule has 1 heterocycles. The molecule has 0 fully saturated rings. The Balaban J connectivity index is 2.24. The molecule has 0 spiro atoms. The first-order valence-corrected chi connectivity index (χ1v) is 5.11. The summed E-state index contributed by atoms with van der Waals surface area (Å²) in [4.78, 5) is 15.6. The summed E-state index contributed by atoms with van der Waals surface area (Å²) in [6.07, 6.45) is 8.40. The largest absolute Gasteiger partial charge is 0.289 e. The molecule has 2 nitrogen and oxygen atoms in total. The number of nitrogens with zero attached hydrogens (tertiary/aromatic N) is 1. The lowest BCUT2D eigenvalue weighted by molar-refractivity contribution is 0.102. The topological polar surface area (TPSA) is 30.0 Å². The molecule has 0 aliphatic heterocycles. The predicted octanol–water partition coefficient (Wildman–Crippen LogP) is 2.90. The summed E-state index contributed by atoms with van der Waals surface area (Å²) in [7, 11) is 0. The highest BCUT2D eigenvalue weighted by molar-refractivity contribution is 6.08. The minimum atomic E-state index is -0.461. The molecule has 0 unspecified atom stereocenters. The van der Waals surface area contributed by atoms with Crippen LogP contribution in [-0.2, 0) is 0 Å². The second-order valence-electron chi connectivity index (χ2n) is 3.70. The van der Waals surface area contributed by atoms with Crippen LogP contribution in [0.1, 0.15) is 36.0 Å². The van der Waals surface area contributed by atoms with E-state index in [4.69, 9.17) is 0 Å². The zero-order valence-electron chi connectivity index (χ0n) is 8.37. The van der Waals surface area contributed by atoms with Gasteiger partial charge >= 0.3 is 0 Å². The van der Waals surface area contributed by atoms with Gasteiger partial charge in [-0.05, 0) is 37.3 Å². The van der Waals surface area contributed by atoms with Crippen molar-refractivity contribution in [2.45, 2.75) is 25.7 Å². The van der Waals surface area contributed by atoms with Gasteiger partial charge in [0.05, 0.1) is 6.20 Å². The molecule has 1 aromatic rings. The van der Waals surface area contributed by atoms with Crippen molar-refractivity contribution in [2.75, 3.05) is 0 Å². The average Bonchev–Trinajstić information content (AvgIpc) is 2.29. The van der Waals surface area contributed by atoms with Gasteiger partial charge in [-0.1, -0.05) is 6.08 Å². The van der Waals surface area contributed by atoms with Gasteiger partial charge in [-0.25, -0.2) is 4.39 Å². The molecular formula is C12H12FNO. The van der Waals surface area contributed by atoms with Crippen LogP contribution in [0, 0.1) is 5.82 Å². The number of allylic oxidation sites excluding steroid dienone is 2. The molecule has 0 bridgehead atoms. The molecule has 78 valence electrons. The van der Waals surface area contributed by atoms with E-state index < -0.39 is 5.82 Å². The van der Waals surface area contributed by atoms with E-state index in [0.29, 0.717) is 5.56 Å². The van der Waals surface area contributed by atoms with Crippen LogP contribution in [0.15, 0.2) is 30.1 Å². The van der Waals surface area contributed by atoms with Crippen LogP contribution >= 0.6 is 0 Å². The molecule has 0 amide bonds. The molecule has 1 aliphatic carbocycles. The number of carbonyl (C=O) groups excluding carboxylic acids is 1. The minimum absolute atomic E-state index is 0.0818. The number of aromatic nitrogens is 1. The van der Waals surface area contributed by atoms with Crippen molar-refractivity contribution in [1.82, 2.24) is 4.98 Å².